The lowest BCUT2D eigenvalue weighted by Crippen LogP contribution is -2.39. The van der Waals surface area contributed by atoms with Crippen LogP contribution in [0.15, 0.2) is 0 Å². The number of halogens is 1. The lowest BCUT2D eigenvalue weighted by atomic mass is 10.1. The summed E-state index contributed by atoms with van der Waals surface area (Å²) in [6.07, 6.45) is 8.73. The smallest absolute Gasteiger partial charge is 0.272 e. The van der Waals surface area contributed by atoms with Gasteiger partial charge in [-0.3, -0.25) is 0 Å². The summed E-state index contributed by atoms with van der Waals surface area (Å²) in [5.41, 5.74) is 0. The number of unbranched alkanes of at least 4 members (excludes halogenated alkanes) is 4. The van der Waals surface area contributed by atoms with Crippen LogP contribution in [0.25, 0.3) is 0 Å². The average Bonchev–Trinajstić information content (AvgIpc) is 2.41. The van der Waals surface area contributed by atoms with Crippen molar-refractivity contribution in [3.8, 4) is 0 Å². The first-order valence-electron chi connectivity index (χ1n) is 7.02. The van der Waals surface area contributed by atoms with E-state index in [0.717, 1.165) is 6.42 Å². The van der Waals surface area contributed by atoms with Gasteiger partial charge >= 0.3 is 0 Å². The lowest BCUT2D eigenvalue weighted by Gasteiger charge is -2.30. The van der Waals surface area contributed by atoms with E-state index in [9.17, 15) is 0 Å². The van der Waals surface area contributed by atoms with Gasteiger partial charge in [0, 0.05) is 24.2 Å². The van der Waals surface area contributed by atoms with Crippen molar-refractivity contribution in [2.45, 2.75) is 68.3 Å². The highest BCUT2D eigenvalue weighted by molar-refractivity contribution is 14.1. The SMILES string of the molecule is CCCCCCCC(I)[SiH2]OC(CC)(OC)OC. The van der Waals surface area contributed by atoms with E-state index in [-0.39, 0.29) is 0 Å². The van der Waals surface area contributed by atoms with Crippen molar-refractivity contribution in [1.29, 1.82) is 0 Å². The number of rotatable bonds is 12. The van der Waals surface area contributed by atoms with Crippen LogP contribution in [0.1, 0.15) is 58.8 Å². The molecule has 0 rings (SSSR count). The van der Waals surface area contributed by atoms with Crippen LogP contribution >= 0.6 is 22.6 Å². The van der Waals surface area contributed by atoms with Gasteiger partial charge in [0.2, 0.25) is 0 Å². The molecule has 0 saturated carbocycles. The molecule has 0 saturated heterocycles. The standard InChI is InChI=1S/C13H29IO3Si/c1-5-7-8-9-10-11-12(14)18-17-13(6-2,15-3)16-4/h12H,5-11,18H2,1-4H3. The van der Waals surface area contributed by atoms with Crippen LogP contribution in [0.3, 0.4) is 0 Å². The number of hydrogen-bond donors (Lipinski definition) is 0. The summed E-state index contributed by atoms with van der Waals surface area (Å²) < 4.78 is 17.2. The molecule has 1 atom stereocenters. The molecule has 3 nitrogen and oxygen atoms in total. The monoisotopic (exact) mass is 388 g/mol. The molecule has 0 aromatic rings. The minimum Gasteiger partial charge on any atom is -0.375 e. The van der Waals surface area contributed by atoms with Crippen molar-refractivity contribution in [3.63, 3.8) is 0 Å². The largest absolute Gasteiger partial charge is 0.375 e. The zero-order chi connectivity index (χ0) is 13.9. The molecule has 110 valence electrons. The van der Waals surface area contributed by atoms with Crippen molar-refractivity contribution in [2.24, 2.45) is 0 Å². The number of methoxy groups -OCH3 is 2. The maximum atomic E-state index is 5.90. The summed E-state index contributed by atoms with van der Waals surface area (Å²) in [5, 5.41) is 0. The average molecular weight is 388 g/mol. The Hall–Kier alpha value is 0.827. The van der Waals surface area contributed by atoms with Gasteiger partial charge in [0.25, 0.3) is 5.97 Å². The summed E-state index contributed by atoms with van der Waals surface area (Å²) in [7, 11) is 2.69. The number of alkyl halides is 1. The van der Waals surface area contributed by atoms with Crippen LogP contribution in [0.5, 0.6) is 0 Å². The van der Waals surface area contributed by atoms with Crippen molar-refractivity contribution >= 4 is 32.4 Å². The Morgan fingerprint density at radius 3 is 2.17 bits per heavy atom. The normalized spacial score (nSPS) is 14.5. The van der Waals surface area contributed by atoms with Crippen molar-refractivity contribution < 1.29 is 13.9 Å². The van der Waals surface area contributed by atoms with Gasteiger partial charge in [-0.25, -0.2) is 0 Å². The van der Waals surface area contributed by atoms with E-state index < -0.39 is 15.7 Å². The van der Waals surface area contributed by atoms with Gasteiger partial charge in [0.15, 0.2) is 9.76 Å². The second kappa shape index (κ2) is 11.6. The molecular formula is C13H29IO3Si. The van der Waals surface area contributed by atoms with E-state index in [1.807, 2.05) is 6.92 Å². The third-order valence-electron chi connectivity index (χ3n) is 3.16. The molecular weight excluding hydrogens is 359 g/mol. The third kappa shape index (κ3) is 8.09. The van der Waals surface area contributed by atoms with Crippen LogP contribution in [-0.4, -0.2) is 33.5 Å². The first kappa shape index (κ1) is 18.8. The van der Waals surface area contributed by atoms with Gasteiger partial charge in [0.05, 0.1) is 0 Å². The van der Waals surface area contributed by atoms with Gasteiger partial charge in [0.1, 0.15) is 0 Å². The molecule has 0 fully saturated rings. The highest BCUT2D eigenvalue weighted by Gasteiger charge is 2.28. The maximum Gasteiger partial charge on any atom is 0.272 e. The molecule has 1 unspecified atom stereocenters. The van der Waals surface area contributed by atoms with Crippen LogP contribution in [0.4, 0.5) is 0 Å². The highest BCUT2D eigenvalue weighted by atomic mass is 127. The molecule has 0 amide bonds. The minimum atomic E-state index is -0.794. The van der Waals surface area contributed by atoms with Crippen molar-refractivity contribution in [2.75, 3.05) is 14.2 Å². The molecule has 0 N–H and O–H groups in total. The van der Waals surface area contributed by atoms with Crippen LogP contribution in [-0.2, 0) is 13.9 Å². The summed E-state index contributed by atoms with van der Waals surface area (Å²) in [6, 6.07) is 0. The fourth-order valence-corrected chi connectivity index (χ4v) is 4.17. The van der Waals surface area contributed by atoms with E-state index in [4.69, 9.17) is 13.9 Å². The Balaban J connectivity index is 3.71. The Kier molecular flexibility index (Phi) is 12.2. The number of hydrogen-bond acceptors (Lipinski definition) is 3. The van der Waals surface area contributed by atoms with Crippen molar-refractivity contribution in [1.82, 2.24) is 0 Å². The van der Waals surface area contributed by atoms with Gasteiger partial charge < -0.3 is 13.9 Å². The molecule has 0 radical (unpaired) electrons. The van der Waals surface area contributed by atoms with Crippen LogP contribution in [0, 0.1) is 0 Å². The summed E-state index contributed by atoms with van der Waals surface area (Å²) >= 11 is 2.52. The third-order valence-corrected chi connectivity index (χ3v) is 6.24. The number of ether oxygens (including phenoxy) is 2. The molecule has 0 spiro atoms. The molecule has 0 bridgehead atoms. The molecule has 0 aliphatic heterocycles. The predicted molar refractivity (Wildman–Crippen MR) is 87.9 cm³/mol. The van der Waals surface area contributed by atoms with Gasteiger partial charge in [-0.05, 0) is 6.42 Å². The van der Waals surface area contributed by atoms with E-state index in [1.54, 1.807) is 14.2 Å². The second-order valence-electron chi connectivity index (χ2n) is 4.56. The molecule has 0 heterocycles. The Bertz CT molecular complexity index is 181. The summed E-state index contributed by atoms with van der Waals surface area (Å²) in [4.78, 5) is 0. The van der Waals surface area contributed by atoms with E-state index in [0.29, 0.717) is 3.55 Å². The molecule has 0 aromatic carbocycles. The summed E-state index contributed by atoms with van der Waals surface area (Å²) in [5.74, 6) is -0.794. The topological polar surface area (TPSA) is 27.7 Å². The predicted octanol–water partition coefficient (Wildman–Crippen LogP) is 3.57. The van der Waals surface area contributed by atoms with Crippen LogP contribution in [0.2, 0.25) is 0 Å². The quantitative estimate of drug-likeness (QED) is 0.168. The minimum absolute atomic E-state index is 0.604. The van der Waals surface area contributed by atoms with Crippen LogP contribution < -0.4 is 0 Å². The lowest BCUT2D eigenvalue weighted by molar-refractivity contribution is -0.324. The zero-order valence-corrected chi connectivity index (χ0v) is 15.9. The zero-order valence-electron chi connectivity index (χ0n) is 12.3. The van der Waals surface area contributed by atoms with Gasteiger partial charge in [-0.1, -0.05) is 68.5 Å². The maximum absolute atomic E-state index is 5.90. The van der Waals surface area contributed by atoms with E-state index >= 15 is 0 Å². The summed E-state index contributed by atoms with van der Waals surface area (Å²) in [6.45, 7) is 4.27. The second-order valence-corrected chi connectivity index (χ2v) is 9.59. The Labute approximate surface area is 128 Å². The molecule has 0 aliphatic rings. The fraction of sp³-hybridized carbons (Fsp3) is 1.00. The Morgan fingerprint density at radius 1 is 1.06 bits per heavy atom. The highest BCUT2D eigenvalue weighted by Crippen LogP contribution is 2.20. The molecule has 0 aromatic heterocycles. The molecule has 5 heteroatoms. The molecule has 18 heavy (non-hydrogen) atoms. The van der Waals surface area contributed by atoms with Gasteiger partial charge in [-0.2, -0.15) is 0 Å². The van der Waals surface area contributed by atoms with E-state index in [2.05, 4.69) is 29.5 Å². The first-order chi connectivity index (χ1) is 8.64. The first-order valence-corrected chi connectivity index (χ1v) is 9.66. The Morgan fingerprint density at radius 2 is 1.67 bits per heavy atom. The molecule has 0 aliphatic carbocycles. The van der Waals surface area contributed by atoms with E-state index in [1.165, 1.54) is 38.5 Å². The van der Waals surface area contributed by atoms with Crippen molar-refractivity contribution in [3.05, 3.63) is 0 Å². The van der Waals surface area contributed by atoms with Gasteiger partial charge in [-0.15, -0.1) is 0 Å². The fourth-order valence-electron chi connectivity index (χ4n) is 1.86.